The number of benzene rings is 1. The first-order chi connectivity index (χ1) is 8.43. The monoisotopic (exact) mass is 251 g/mol. The molecule has 0 aliphatic carbocycles. The number of aryl methyl sites for hydroxylation is 1. The summed E-state index contributed by atoms with van der Waals surface area (Å²) in [4.78, 5) is 12.1. The highest BCUT2D eigenvalue weighted by molar-refractivity contribution is 5.97. The molecule has 0 aromatic heterocycles. The predicted molar refractivity (Wildman–Crippen MR) is 72.1 cm³/mol. The molecule has 1 aromatic rings. The second-order valence-electron chi connectivity index (χ2n) is 5.32. The molecule has 1 rings (SSSR count). The molecule has 2 N–H and O–H groups in total. The molecule has 0 spiro atoms. The molecule has 0 amide bonds. The fraction of sp³-hybridized carbons (Fsp3) is 0.533. The van der Waals surface area contributed by atoms with Crippen molar-refractivity contribution in [3.05, 3.63) is 35.1 Å². The molecular formula is C15H22FNO. The molecule has 0 radical (unpaired) electrons. The van der Waals surface area contributed by atoms with Gasteiger partial charge in [-0.2, -0.15) is 0 Å². The summed E-state index contributed by atoms with van der Waals surface area (Å²) in [7, 11) is 0. The van der Waals surface area contributed by atoms with Crippen LogP contribution in [-0.2, 0) is 0 Å². The maximum atomic E-state index is 13.2. The van der Waals surface area contributed by atoms with Crippen molar-refractivity contribution >= 4 is 5.78 Å². The normalized spacial score (nSPS) is 12.8. The van der Waals surface area contributed by atoms with Gasteiger partial charge in [0.1, 0.15) is 5.82 Å². The minimum Gasteiger partial charge on any atom is -0.330 e. The molecule has 1 atom stereocenters. The molecule has 0 heterocycles. The van der Waals surface area contributed by atoms with E-state index >= 15 is 0 Å². The topological polar surface area (TPSA) is 43.1 Å². The van der Waals surface area contributed by atoms with E-state index in [4.69, 9.17) is 5.73 Å². The quantitative estimate of drug-likeness (QED) is 0.788. The van der Waals surface area contributed by atoms with Gasteiger partial charge >= 0.3 is 0 Å². The van der Waals surface area contributed by atoms with Crippen molar-refractivity contribution in [3.8, 4) is 0 Å². The second-order valence-corrected chi connectivity index (χ2v) is 5.32. The molecule has 0 bridgehead atoms. The van der Waals surface area contributed by atoms with E-state index in [0.29, 0.717) is 24.4 Å². The summed E-state index contributed by atoms with van der Waals surface area (Å²) in [6.45, 7) is 6.55. The van der Waals surface area contributed by atoms with Crippen LogP contribution in [0.15, 0.2) is 18.2 Å². The maximum absolute atomic E-state index is 13.2. The summed E-state index contributed by atoms with van der Waals surface area (Å²) in [6, 6.07) is 4.34. The van der Waals surface area contributed by atoms with Gasteiger partial charge in [-0.25, -0.2) is 4.39 Å². The van der Waals surface area contributed by atoms with Gasteiger partial charge in [0, 0.05) is 12.0 Å². The highest BCUT2D eigenvalue weighted by atomic mass is 19.1. The van der Waals surface area contributed by atoms with Crippen molar-refractivity contribution in [1.29, 1.82) is 0 Å². The zero-order valence-corrected chi connectivity index (χ0v) is 11.4. The lowest BCUT2D eigenvalue weighted by atomic mass is 9.90. The number of carbonyl (C=O) groups excluding carboxylic acids is 1. The fourth-order valence-corrected chi connectivity index (χ4v) is 2.20. The SMILES string of the molecule is Cc1ccc(F)cc1C(=O)CC(CN)CC(C)C. The van der Waals surface area contributed by atoms with Crippen LogP contribution in [-0.4, -0.2) is 12.3 Å². The fourth-order valence-electron chi connectivity index (χ4n) is 2.20. The number of carbonyl (C=O) groups is 1. The average Bonchev–Trinajstić information content (AvgIpc) is 2.30. The van der Waals surface area contributed by atoms with Crippen molar-refractivity contribution in [2.75, 3.05) is 6.54 Å². The lowest BCUT2D eigenvalue weighted by Crippen LogP contribution is -2.20. The molecular weight excluding hydrogens is 229 g/mol. The Bertz CT molecular complexity index is 415. The molecule has 2 nitrogen and oxygen atoms in total. The Hall–Kier alpha value is -1.22. The summed E-state index contributed by atoms with van der Waals surface area (Å²) in [5.74, 6) is 0.320. The van der Waals surface area contributed by atoms with Crippen LogP contribution < -0.4 is 5.73 Å². The van der Waals surface area contributed by atoms with Crippen LogP contribution in [0.1, 0.15) is 42.6 Å². The second kappa shape index (κ2) is 6.64. The zero-order valence-electron chi connectivity index (χ0n) is 11.4. The third-order valence-corrected chi connectivity index (χ3v) is 3.11. The van der Waals surface area contributed by atoms with Crippen LogP contribution in [0, 0.1) is 24.6 Å². The van der Waals surface area contributed by atoms with Gasteiger partial charge in [-0.1, -0.05) is 19.9 Å². The number of ketones is 1. The third-order valence-electron chi connectivity index (χ3n) is 3.11. The van der Waals surface area contributed by atoms with Crippen molar-refractivity contribution in [3.63, 3.8) is 0 Å². The van der Waals surface area contributed by atoms with E-state index in [1.807, 2.05) is 6.92 Å². The number of hydrogen-bond donors (Lipinski definition) is 1. The van der Waals surface area contributed by atoms with E-state index in [9.17, 15) is 9.18 Å². The molecule has 0 saturated carbocycles. The molecule has 100 valence electrons. The molecule has 3 heteroatoms. The summed E-state index contributed by atoms with van der Waals surface area (Å²) in [6.07, 6.45) is 1.33. The minimum absolute atomic E-state index is 0.0110. The van der Waals surface area contributed by atoms with Crippen molar-refractivity contribution in [1.82, 2.24) is 0 Å². The van der Waals surface area contributed by atoms with Gasteiger partial charge in [-0.3, -0.25) is 4.79 Å². The van der Waals surface area contributed by atoms with Gasteiger partial charge in [-0.05, 0) is 49.4 Å². The Labute approximate surface area is 108 Å². The Morgan fingerprint density at radius 2 is 2.06 bits per heavy atom. The third kappa shape index (κ3) is 4.22. The minimum atomic E-state index is -0.364. The average molecular weight is 251 g/mol. The Morgan fingerprint density at radius 1 is 1.39 bits per heavy atom. The molecule has 18 heavy (non-hydrogen) atoms. The highest BCUT2D eigenvalue weighted by Crippen LogP contribution is 2.19. The van der Waals surface area contributed by atoms with Crippen molar-refractivity contribution < 1.29 is 9.18 Å². The summed E-state index contributed by atoms with van der Waals surface area (Å²) >= 11 is 0. The van der Waals surface area contributed by atoms with Crippen LogP contribution in [0.2, 0.25) is 0 Å². The number of rotatable bonds is 6. The first kappa shape index (κ1) is 14.8. The summed E-state index contributed by atoms with van der Waals surface area (Å²) in [5, 5.41) is 0. The number of Topliss-reactive ketones (excluding diaryl/α,β-unsaturated/α-hetero) is 1. The maximum Gasteiger partial charge on any atom is 0.163 e. The van der Waals surface area contributed by atoms with Gasteiger partial charge in [-0.15, -0.1) is 0 Å². The molecule has 0 saturated heterocycles. The van der Waals surface area contributed by atoms with Crippen molar-refractivity contribution in [2.45, 2.75) is 33.6 Å². The standard InChI is InChI=1S/C15H22FNO/c1-10(2)6-12(9-17)7-15(18)14-8-13(16)5-4-11(14)3/h4-5,8,10,12H,6-7,9,17H2,1-3H3. The molecule has 0 aliphatic heterocycles. The first-order valence-corrected chi connectivity index (χ1v) is 6.43. The lowest BCUT2D eigenvalue weighted by Gasteiger charge is -2.16. The van der Waals surface area contributed by atoms with Crippen LogP contribution in [0.5, 0.6) is 0 Å². The number of nitrogens with two attached hydrogens (primary N) is 1. The van der Waals surface area contributed by atoms with E-state index in [2.05, 4.69) is 13.8 Å². The van der Waals surface area contributed by atoms with Gasteiger partial charge < -0.3 is 5.73 Å². The largest absolute Gasteiger partial charge is 0.330 e. The Kier molecular flexibility index (Phi) is 5.48. The lowest BCUT2D eigenvalue weighted by molar-refractivity contribution is 0.0956. The van der Waals surface area contributed by atoms with Gasteiger partial charge in [0.25, 0.3) is 0 Å². The molecule has 0 aliphatic rings. The van der Waals surface area contributed by atoms with Gasteiger partial charge in [0.2, 0.25) is 0 Å². The van der Waals surface area contributed by atoms with Crippen LogP contribution >= 0.6 is 0 Å². The molecule has 1 aromatic carbocycles. The summed E-state index contributed by atoms with van der Waals surface area (Å²) in [5.41, 5.74) is 6.99. The van der Waals surface area contributed by atoms with E-state index in [0.717, 1.165) is 12.0 Å². The van der Waals surface area contributed by atoms with E-state index < -0.39 is 0 Å². The van der Waals surface area contributed by atoms with Crippen molar-refractivity contribution in [2.24, 2.45) is 17.6 Å². The first-order valence-electron chi connectivity index (χ1n) is 6.43. The molecule has 1 unspecified atom stereocenters. The van der Waals surface area contributed by atoms with Crippen LogP contribution in [0.3, 0.4) is 0 Å². The molecule has 0 fully saturated rings. The van der Waals surface area contributed by atoms with Gasteiger partial charge in [0.05, 0.1) is 0 Å². The Morgan fingerprint density at radius 3 is 2.61 bits per heavy atom. The zero-order chi connectivity index (χ0) is 13.7. The van der Waals surface area contributed by atoms with Gasteiger partial charge in [0.15, 0.2) is 5.78 Å². The predicted octanol–water partition coefficient (Wildman–Crippen LogP) is 3.33. The highest BCUT2D eigenvalue weighted by Gasteiger charge is 2.17. The van der Waals surface area contributed by atoms with E-state index in [1.54, 1.807) is 6.07 Å². The van der Waals surface area contributed by atoms with E-state index in [1.165, 1.54) is 12.1 Å². The van der Waals surface area contributed by atoms with Crippen LogP contribution in [0.4, 0.5) is 4.39 Å². The summed E-state index contributed by atoms with van der Waals surface area (Å²) < 4.78 is 13.2. The smallest absolute Gasteiger partial charge is 0.163 e. The van der Waals surface area contributed by atoms with E-state index in [-0.39, 0.29) is 17.5 Å². The van der Waals surface area contributed by atoms with Crippen LogP contribution in [0.25, 0.3) is 0 Å². The number of hydrogen-bond acceptors (Lipinski definition) is 2. The Balaban J connectivity index is 2.77. The number of halogens is 1.